The Kier molecular flexibility index (Phi) is 5.38. The lowest BCUT2D eigenvalue weighted by Crippen LogP contribution is -2.49. The summed E-state index contributed by atoms with van der Waals surface area (Å²) < 4.78 is 0. The fourth-order valence-corrected chi connectivity index (χ4v) is 2.05. The van der Waals surface area contributed by atoms with Gasteiger partial charge in [0, 0.05) is 11.4 Å². The average Bonchev–Trinajstić information content (AvgIpc) is 2.52. The average molecular weight is 318 g/mol. The smallest absolute Gasteiger partial charge is 0.338 e. The number of hydrazine groups is 1. The second-order valence-electron chi connectivity index (χ2n) is 4.67. The van der Waals surface area contributed by atoms with E-state index < -0.39 is 6.03 Å². The molecule has 3 N–H and O–H groups in total. The number of carbonyl (C=O) groups excluding carboxylic acids is 2. The third kappa shape index (κ3) is 4.49. The summed E-state index contributed by atoms with van der Waals surface area (Å²) in [5.74, 6) is -0.294. The minimum absolute atomic E-state index is 0.251. The number of nitrogens with two attached hydrogens (primary N) is 1. The van der Waals surface area contributed by atoms with Gasteiger partial charge in [0.05, 0.1) is 5.69 Å². The normalized spacial score (nSPS) is 10.0. The number of amides is 3. The van der Waals surface area contributed by atoms with E-state index in [9.17, 15) is 9.59 Å². The largest absolute Gasteiger partial charge is 0.350 e. The first-order chi connectivity index (χ1) is 10.6. The molecule has 0 aliphatic carbocycles. The molecule has 3 amide bonds. The Morgan fingerprint density at radius 3 is 2.27 bits per heavy atom. The number of halogens is 1. The lowest BCUT2D eigenvalue weighted by atomic mass is 10.1. The molecule has 0 unspecified atom stereocenters. The van der Waals surface area contributed by atoms with Crippen LogP contribution in [0, 0.1) is 0 Å². The van der Waals surface area contributed by atoms with Crippen molar-refractivity contribution in [2.24, 2.45) is 5.73 Å². The van der Waals surface area contributed by atoms with Crippen molar-refractivity contribution in [2.45, 2.75) is 12.8 Å². The molecule has 0 radical (unpaired) electrons. The van der Waals surface area contributed by atoms with Gasteiger partial charge in [0.25, 0.3) is 0 Å². The molecule has 0 heterocycles. The van der Waals surface area contributed by atoms with Crippen molar-refractivity contribution in [3.8, 4) is 0 Å². The summed E-state index contributed by atoms with van der Waals surface area (Å²) in [6, 6.07) is 15.3. The van der Waals surface area contributed by atoms with Gasteiger partial charge in [-0.3, -0.25) is 10.2 Å². The molecule has 6 heteroatoms. The third-order valence-corrected chi connectivity index (χ3v) is 3.28. The Balaban J connectivity index is 1.97. The number of rotatable bonds is 4. The zero-order valence-corrected chi connectivity index (χ0v) is 12.6. The number of benzene rings is 2. The van der Waals surface area contributed by atoms with Gasteiger partial charge in [-0.2, -0.15) is 0 Å². The number of primary amides is 1. The van der Waals surface area contributed by atoms with E-state index in [-0.39, 0.29) is 12.3 Å². The Morgan fingerprint density at radius 2 is 1.68 bits per heavy atom. The lowest BCUT2D eigenvalue weighted by molar-refractivity contribution is -0.121. The molecule has 0 aliphatic heterocycles. The van der Waals surface area contributed by atoms with Crippen LogP contribution in [0.2, 0.25) is 5.02 Å². The highest BCUT2D eigenvalue weighted by Crippen LogP contribution is 2.16. The van der Waals surface area contributed by atoms with Crippen LogP contribution in [-0.4, -0.2) is 11.9 Å². The minimum atomic E-state index is -0.768. The fraction of sp³-hybridized carbons (Fsp3) is 0.125. The van der Waals surface area contributed by atoms with Crippen molar-refractivity contribution in [2.75, 3.05) is 5.01 Å². The molecule has 5 nitrogen and oxygen atoms in total. The first kappa shape index (κ1) is 15.9. The van der Waals surface area contributed by atoms with E-state index in [2.05, 4.69) is 5.43 Å². The highest BCUT2D eigenvalue weighted by molar-refractivity contribution is 6.30. The molecule has 0 aliphatic rings. The second kappa shape index (κ2) is 7.47. The van der Waals surface area contributed by atoms with Gasteiger partial charge in [0.15, 0.2) is 0 Å². The number of anilines is 1. The van der Waals surface area contributed by atoms with Gasteiger partial charge in [-0.15, -0.1) is 0 Å². The summed E-state index contributed by atoms with van der Waals surface area (Å²) in [6.45, 7) is 0. The topological polar surface area (TPSA) is 75.4 Å². The number of urea groups is 1. The molecule has 114 valence electrons. The van der Waals surface area contributed by atoms with Gasteiger partial charge in [-0.1, -0.05) is 41.9 Å². The predicted octanol–water partition coefficient (Wildman–Crippen LogP) is 2.89. The van der Waals surface area contributed by atoms with Crippen LogP contribution >= 0.6 is 11.6 Å². The molecule has 0 aromatic heterocycles. The quantitative estimate of drug-likeness (QED) is 0.851. The van der Waals surface area contributed by atoms with Crippen LogP contribution in [0.15, 0.2) is 54.6 Å². The minimum Gasteiger partial charge on any atom is -0.350 e. The van der Waals surface area contributed by atoms with Gasteiger partial charge < -0.3 is 5.73 Å². The molecular weight excluding hydrogens is 302 g/mol. The second-order valence-corrected chi connectivity index (χ2v) is 5.11. The monoisotopic (exact) mass is 317 g/mol. The highest BCUT2D eigenvalue weighted by Gasteiger charge is 2.15. The highest BCUT2D eigenvalue weighted by atomic mass is 35.5. The number of aryl methyl sites for hydroxylation is 1. The van der Waals surface area contributed by atoms with Crippen molar-refractivity contribution in [1.82, 2.24) is 5.43 Å². The van der Waals surface area contributed by atoms with Crippen molar-refractivity contribution >= 4 is 29.2 Å². The lowest BCUT2D eigenvalue weighted by Gasteiger charge is -2.21. The first-order valence-corrected chi connectivity index (χ1v) is 7.12. The van der Waals surface area contributed by atoms with Crippen molar-refractivity contribution in [1.29, 1.82) is 0 Å². The maximum absolute atomic E-state index is 12.0. The summed E-state index contributed by atoms with van der Waals surface area (Å²) in [5.41, 5.74) is 9.30. The molecule has 0 atom stereocenters. The molecular formula is C16H16ClN3O2. The Bertz CT molecular complexity index is 644. The molecule has 2 rings (SSSR count). The summed E-state index contributed by atoms with van der Waals surface area (Å²) in [7, 11) is 0. The number of hydrogen-bond donors (Lipinski definition) is 2. The van der Waals surface area contributed by atoms with E-state index in [4.69, 9.17) is 17.3 Å². The van der Waals surface area contributed by atoms with Gasteiger partial charge in [-0.05, 0) is 36.2 Å². The maximum Gasteiger partial charge on any atom is 0.338 e. The zero-order chi connectivity index (χ0) is 15.9. The number of carbonyl (C=O) groups is 2. The number of hydrogen-bond acceptors (Lipinski definition) is 2. The van der Waals surface area contributed by atoms with Crippen LogP contribution in [0.25, 0.3) is 0 Å². The molecule has 0 bridgehead atoms. The summed E-state index contributed by atoms with van der Waals surface area (Å²) in [5, 5.41) is 1.53. The summed E-state index contributed by atoms with van der Waals surface area (Å²) in [4.78, 5) is 23.5. The van der Waals surface area contributed by atoms with Gasteiger partial charge in [0.1, 0.15) is 0 Å². The van der Waals surface area contributed by atoms with E-state index in [0.29, 0.717) is 17.1 Å². The van der Waals surface area contributed by atoms with E-state index >= 15 is 0 Å². The molecule has 0 fully saturated rings. The standard InChI is InChI=1S/C16H16ClN3O2/c17-13-7-9-14(10-8-13)20(16(18)22)19-15(21)11-6-12-4-2-1-3-5-12/h1-5,7-10H,6,11H2,(H2,18,22)(H,19,21). The van der Waals surface area contributed by atoms with Crippen LogP contribution in [0.3, 0.4) is 0 Å². The number of nitrogens with zero attached hydrogens (tertiary/aromatic N) is 1. The van der Waals surface area contributed by atoms with Crippen molar-refractivity contribution in [3.05, 3.63) is 65.2 Å². The van der Waals surface area contributed by atoms with Crippen LogP contribution in [0.5, 0.6) is 0 Å². The maximum atomic E-state index is 12.0. The van der Waals surface area contributed by atoms with E-state index in [0.717, 1.165) is 10.6 Å². The molecule has 0 spiro atoms. The predicted molar refractivity (Wildman–Crippen MR) is 86.4 cm³/mol. The number of nitrogens with one attached hydrogen (secondary N) is 1. The zero-order valence-electron chi connectivity index (χ0n) is 11.8. The van der Waals surface area contributed by atoms with E-state index in [1.54, 1.807) is 24.3 Å². The molecule has 0 saturated heterocycles. The van der Waals surface area contributed by atoms with Crippen molar-refractivity contribution < 1.29 is 9.59 Å². The summed E-state index contributed by atoms with van der Waals surface area (Å²) in [6.07, 6.45) is 0.835. The molecule has 2 aromatic rings. The fourth-order valence-electron chi connectivity index (χ4n) is 1.92. The van der Waals surface area contributed by atoms with E-state index in [1.165, 1.54) is 0 Å². The SMILES string of the molecule is NC(=O)N(NC(=O)CCc1ccccc1)c1ccc(Cl)cc1. The summed E-state index contributed by atoms with van der Waals surface area (Å²) >= 11 is 5.80. The van der Waals surface area contributed by atoms with Crippen LogP contribution in [0.1, 0.15) is 12.0 Å². The van der Waals surface area contributed by atoms with Gasteiger partial charge >= 0.3 is 6.03 Å². The van der Waals surface area contributed by atoms with Crippen LogP contribution in [-0.2, 0) is 11.2 Å². The van der Waals surface area contributed by atoms with Crippen LogP contribution in [0.4, 0.5) is 10.5 Å². The van der Waals surface area contributed by atoms with Gasteiger partial charge in [0.2, 0.25) is 5.91 Å². The Morgan fingerprint density at radius 1 is 1.05 bits per heavy atom. The Labute approximate surface area is 133 Å². The van der Waals surface area contributed by atoms with Gasteiger partial charge in [-0.25, -0.2) is 9.80 Å². The third-order valence-electron chi connectivity index (χ3n) is 3.03. The first-order valence-electron chi connectivity index (χ1n) is 6.75. The molecule has 2 aromatic carbocycles. The molecule has 22 heavy (non-hydrogen) atoms. The van der Waals surface area contributed by atoms with Crippen LogP contribution < -0.4 is 16.2 Å². The van der Waals surface area contributed by atoms with Crippen molar-refractivity contribution in [3.63, 3.8) is 0 Å². The molecule has 0 saturated carbocycles. The Hall–Kier alpha value is -2.53. The van der Waals surface area contributed by atoms with E-state index in [1.807, 2.05) is 30.3 Å².